The molecule has 2 heterocycles. The maximum Gasteiger partial charge on any atom is 0.176 e. The number of benzene rings is 4. The molecule has 1 fully saturated rings. The van der Waals surface area contributed by atoms with Gasteiger partial charge in [0.2, 0.25) is 0 Å². The lowest BCUT2D eigenvalue weighted by Crippen LogP contribution is -2.49. The van der Waals surface area contributed by atoms with Crippen molar-refractivity contribution in [3.05, 3.63) is 107 Å². The number of rotatable bonds is 7. The number of aryl methyl sites for hydroxylation is 1. The van der Waals surface area contributed by atoms with E-state index in [9.17, 15) is 0 Å². The van der Waals surface area contributed by atoms with Crippen LogP contribution >= 0.6 is 0 Å². The number of para-hydroxylation sites is 1. The van der Waals surface area contributed by atoms with Gasteiger partial charge in [0.15, 0.2) is 11.6 Å². The van der Waals surface area contributed by atoms with Crippen LogP contribution < -0.4 is 10.1 Å². The van der Waals surface area contributed by atoms with Crippen molar-refractivity contribution in [3.8, 4) is 17.1 Å². The Bertz CT molecular complexity index is 1610. The minimum Gasteiger partial charge on any atom is -0.486 e. The van der Waals surface area contributed by atoms with Crippen LogP contribution in [0.15, 0.2) is 84.9 Å². The number of aromatic nitrogens is 2. The first-order valence-corrected chi connectivity index (χ1v) is 12.8. The fourth-order valence-electron chi connectivity index (χ4n) is 5.02. The zero-order chi connectivity index (χ0) is 26.3. The molecule has 0 radical (unpaired) electrons. The van der Waals surface area contributed by atoms with E-state index in [2.05, 4.69) is 16.8 Å². The second-order valence-corrected chi connectivity index (χ2v) is 10.2. The van der Waals surface area contributed by atoms with Crippen molar-refractivity contribution in [2.45, 2.75) is 32.9 Å². The van der Waals surface area contributed by atoms with Crippen molar-refractivity contribution in [1.82, 2.24) is 9.55 Å². The van der Waals surface area contributed by atoms with Crippen molar-refractivity contribution in [1.29, 1.82) is 0 Å². The molecule has 1 N–H and O–H groups in total. The Labute approximate surface area is 221 Å². The van der Waals surface area contributed by atoms with Crippen LogP contribution in [-0.2, 0) is 16.9 Å². The molecule has 192 valence electrons. The van der Waals surface area contributed by atoms with E-state index in [-0.39, 0.29) is 17.9 Å². The van der Waals surface area contributed by atoms with Crippen LogP contribution in [0.2, 0.25) is 0 Å². The second kappa shape index (κ2) is 9.62. The number of fused-ring (bicyclic) bond motifs is 1. The molecule has 5 nitrogen and oxygen atoms in total. The number of hydrogen-bond donors (Lipinski definition) is 1. The van der Waals surface area contributed by atoms with E-state index in [0.29, 0.717) is 24.6 Å². The number of anilines is 2. The van der Waals surface area contributed by atoms with E-state index >= 15 is 4.39 Å². The molecule has 38 heavy (non-hydrogen) atoms. The summed E-state index contributed by atoms with van der Waals surface area (Å²) in [6.45, 7) is 7.38. The van der Waals surface area contributed by atoms with Gasteiger partial charge >= 0.3 is 0 Å². The number of ether oxygens (including phenoxy) is 2. The molecule has 5 aromatic rings. The summed E-state index contributed by atoms with van der Waals surface area (Å²) in [7, 11) is 0. The summed E-state index contributed by atoms with van der Waals surface area (Å²) in [6.07, 6.45) is 0. The van der Waals surface area contributed by atoms with Gasteiger partial charge in [0.25, 0.3) is 0 Å². The molecule has 4 aromatic carbocycles. The van der Waals surface area contributed by atoms with Gasteiger partial charge in [0.05, 0.1) is 35.3 Å². The molecule has 0 atom stereocenters. The zero-order valence-electron chi connectivity index (χ0n) is 21.8. The van der Waals surface area contributed by atoms with Crippen molar-refractivity contribution in [3.63, 3.8) is 0 Å². The molecule has 0 spiro atoms. The standard InChI is InChI=1S/C32H30FN3O2/c1-21-16-26(29(33)30(22(21)2)38-18-23-10-6-4-7-11-23)31-35-27-17-25(34-24-12-8-5-9-13-24)14-15-28(27)36(31)32(3)19-37-20-32/h4-17,34H,18-20H2,1-3H3. The fourth-order valence-corrected chi connectivity index (χ4v) is 5.02. The Morgan fingerprint density at radius 3 is 2.34 bits per heavy atom. The summed E-state index contributed by atoms with van der Waals surface area (Å²) in [5, 5.41) is 3.43. The van der Waals surface area contributed by atoms with Gasteiger partial charge in [-0.05, 0) is 73.9 Å². The van der Waals surface area contributed by atoms with E-state index < -0.39 is 5.82 Å². The monoisotopic (exact) mass is 507 g/mol. The summed E-state index contributed by atoms with van der Waals surface area (Å²) in [6, 6.07) is 27.8. The summed E-state index contributed by atoms with van der Waals surface area (Å²) in [4.78, 5) is 5.00. The summed E-state index contributed by atoms with van der Waals surface area (Å²) < 4.78 is 30.1. The smallest absolute Gasteiger partial charge is 0.176 e. The summed E-state index contributed by atoms with van der Waals surface area (Å²) in [5.74, 6) is 0.448. The maximum atomic E-state index is 16.3. The average molecular weight is 508 g/mol. The number of hydrogen-bond acceptors (Lipinski definition) is 4. The van der Waals surface area contributed by atoms with Crippen LogP contribution in [0.1, 0.15) is 23.6 Å². The lowest BCUT2D eigenvalue weighted by atomic mass is 9.97. The largest absolute Gasteiger partial charge is 0.486 e. The molecule has 1 aliphatic rings. The summed E-state index contributed by atoms with van der Waals surface area (Å²) in [5.41, 5.74) is 6.47. The average Bonchev–Trinajstić information content (AvgIpc) is 3.29. The van der Waals surface area contributed by atoms with Crippen LogP contribution in [0.4, 0.5) is 15.8 Å². The minimum absolute atomic E-state index is 0.268. The number of halogens is 1. The lowest BCUT2D eigenvalue weighted by molar-refractivity contribution is -0.0868. The van der Waals surface area contributed by atoms with E-state index in [1.54, 1.807) is 0 Å². The molecular formula is C32H30FN3O2. The molecule has 1 aliphatic heterocycles. The first kappa shape index (κ1) is 24.2. The van der Waals surface area contributed by atoms with Crippen molar-refractivity contribution >= 4 is 22.4 Å². The highest BCUT2D eigenvalue weighted by Gasteiger charge is 2.39. The molecular weight excluding hydrogens is 477 g/mol. The molecule has 1 aromatic heterocycles. The van der Waals surface area contributed by atoms with Gasteiger partial charge < -0.3 is 19.4 Å². The molecule has 0 amide bonds. The second-order valence-electron chi connectivity index (χ2n) is 10.2. The SMILES string of the molecule is Cc1cc(-c2nc3cc(Nc4ccccc4)ccc3n2C2(C)COC2)c(F)c(OCc2ccccc2)c1C. The topological polar surface area (TPSA) is 48.3 Å². The first-order chi connectivity index (χ1) is 18.4. The molecule has 1 saturated heterocycles. The third-order valence-electron chi connectivity index (χ3n) is 7.28. The maximum absolute atomic E-state index is 16.3. The Morgan fingerprint density at radius 1 is 0.947 bits per heavy atom. The van der Waals surface area contributed by atoms with Crippen molar-refractivity contribution < 1.29 is 13.9 Å². The van der Waals surface area contributed by atoms with Gasteiger partial charge in [-0.3, -0.25) is 0 Å². The van der Waals surface area contributed by atoms with Gasteiger partial charge in [0.1, 0.15) is 12.4 Å². The van der Waals surface area contributed by atoms with Crippen LogP contribution in [-0.4, -0.2) is 22.8 Å². The third kappa shape index (κ3) is 4.31. The lowest BCUT2D eigenvalue weighted by Gasteiger charge is -2.41. The molecule has 6 heteroatoms. The Morgan fingerprint density at radius 2 is 1.66 bits per heavy atom. The van der Waals surface area contributed by atoms with E-state index in [1.807, 2.05) is 98.8 Å². The van der Waals surface area contributed by atoms with Gasteiger partial charge in [-0.15, -0.1) is 0 Å². The van der Waals surface area contributed by atoms with E-state index in [4.69, 9.17) is 14.5 Å². The van der Waals surface area contributed by atoms with Crippen molar-refractivity contribution in [2.24, 2.45) is 0 Å². The van der Waals surface area contributed by atoms with Gasteiger partial charge in [0, 0.05) is 11.4 Å². The molecule has 6 rings (SSSR count). The van der Waals surface area contributed by atoms with Crippen LogP contribution in [0.25, 0.3) is 22.4 Å². The quantitative estimate of drug-likeness (QED) is 0.247. The Balaban J connectivity index is 1.46. The van der Waals surface area contributed by atoms with E-state index in [1.165, 1.54) is 0 Å². The van der Waals surface area contributed by atoms with Crippen LogP contribution in [0.3, 0.4) is 0 Å². The molecule has 0 unspecified atom stereocenters. The van der Waals surface area contributed by atoms with Crippen molar-refractivity contribution in [2.75, 3.05) is 18.5 Å². The van der Waals surface area contributed by atoms with Gasteiger partial charge in [-0.2, -0.15) is 0 Å². The predicted octanol–water partition coefficient (Wildman–Crippen LogP) is 7.53. The number of nitrogens with one attached hydrogen (secondary N) is 1. The van der Waals surface area contributed by atoms with Crippen LogP contribution in [0, 0.1) is 19.7 Å². The van der Waals surface area contributed by atoms with Gasteiger partial charge in [-0.25, -0.2) is 9.37 Å². The molecule has 0 saturated carbocycles. The normalized spacial score (nSPS) is 14.3. The van der Waals surface area contributed by atoms with E-state index in [0.717, 1.165) is 39.1 Å². The Kier molecular flexibility index (Phi) is 6.12. The van der Waals surface area contributed by atoms with Gasteiger partial charge in [-0.1, -0.05) is 48.5 Å². The first-order valence-electron chi connectivity index (χ1n) is 12.8. The highest BCUT2D eigenvalue weighted by atomic mass is 19.1. The number of nitrogens with zero attached hydrogens (tertiary/aromatic N) is 2. The molecule has 0 aliphatic carbocycles. The summed E-state index contributed by atoms with van der Waals surface area (Å²) >= 11 is 0. The third-order valence-corrected chi connectivity index (χ3v) is 7.28. The number of imidazole rings is 1. The predicted molar refractivity (Wildman–Crippen MR) is 150 cm³/mol. The Hall–Kier alpha value is -4.16. The highest BCUT2D eigenvalue weighted by Crippen LogP contribution is 2.40. The van der Waals surface area contributed by atoms with Crippen LogP contribution in [0.5, 0.6) is 5.75 Å². The zero-order valence-corrected chi connectivity index (χ0v) is 21.8. The fraction of sp³-hybridized carbons (Fsp3) is 0.219. The highest BCUT2D eigenvalue weighted by molar-refractivity contribution is 5.85. The minimum atomic E-state index is -0.396. The molecule has 0 bridgehead atoms.